The van der Waals surface area contributed by atoms with E-state index in [9.17, 15) is 13.6 Å². The molecule has 0 aliphatic heterocycles. The van der Waals surface area contributed by atoms with Crippen LogP contribution in [0.2, 0.25) is 0 Å². The fourth-order valence-electron chi connectivity index (χ4n) is 4.45. The quantitative estimate of drug-likeness (QED) is 0.742. The third kappa shape index (κ3) is 3.18. The molecule has 0 N–H and O–H groups in total. The van der Waals surface area contributed by atoms with Crippen molar-refractivity contribution < 1.29 is 18.3 Å². The Labute approximate surface area is 155 Å². The highest BCUT2D eigenvalue weighted by molar-refractivity contribution is 5.88. The Hall–Kier alpha value is -2.81. The minimum atomic E-state index is -0.489. The summed E-state index contributed by atoms with van der Waals surface area (Å²) >= 11 is 0. The van der Waals surface area contributed by atoms with Crippen molar-refractivity contribution in [2.75, 3.05) is 6.61 Å². The fourth-order valence-corrected chi connectivity index (χ4v) is 4.45. The van der Waals surface area contributed by atoms with Crippen molar-refractivity contribution in [3.63, 3.8) is 0 Å². The minimum absolute atomic E-state index is 0.0232. The van der Waals surface area contributed by atoms with Crippen LogP contribution in [0, 0.1) is 33.8 Å². The van der Waals surface area contributed by atoms with Crippen LogP contribution in [0.1, 0.15) is 36.8 Å². The molecule has 3 aliphatic rings. The molecule has 3 fully saturated rings. The molecule has 3 saturated carbocycles. The molecule has 0 unspecified atom stereocenters. The number of nitriles is 1. The van der Waals surface area contributed by atoms with Crippen molar-refractivity contribution >= 4 is 5.78 Å². The van der Waals surface area contributed by atoms with Gasteiger partial charge in [-0.3, -0.25) is 4.79 Å². The third-order valence-corrected chi connectivity index (χ3v) is 5.75. The zero-order valence-electron chi connectivity index (χ0n) is 14.7. The predicted molar refractivity (Wildman–Crippen MR) is 92.9 cm³/mol. The van der Waals surface area contributed by atoms with E-state index in [-0.39, 0.29) is 35.0 Å². The number of hydrogen-bond donors (Lipinski definition) is 0. The molecule has 1 aromatic carbocycles. The van der Waals surface area contributed by atoms with Crippen LogP contribution in [-0.2, 0) is 11.2 Å². The molecule has 5 rings (SSSR count). The average molecular weight is 368 g/mol. The Morgan fingerprint density at radius 2 is 2.00 bits per heavy atom. The van der Waals surface area contributed by atoms with Gasteiger partial charge in [0.15, 0.2) is 0 Å². The van der Waals surface area contributed by atoms with Gasteiger partial charge in [-0.2, -0.15) is 5.26 Å². The van der Waals surface area contributed by atoms with Crippen LogP contribution < -0.4 is 4.74 Å². The van der Waals surface area contributed by atoms with Crippen LogP contribution in [0.4, 0.5) is 8.78 Å². The van der Waals surface area contributed by atoms with Gasteiger partial charge >= 0.3 is 0 Å². The van der Waals surface area contributed by atoms with Crippen molar-refractivity contribution in [2.24, 2.45) is 10.8 Å². The molecule has 0 spiro atoms. The number of nitrogens with zero attached hydrogens (tertiary/aromatic N) is 2. The van der Waals surface area contributed by atoms with Gasteiger partial charge in [-0.05, 0) is 55.5 Å². The summed E-state index contributed by atoms with van der Waals surface area (Å²) in [5.41, 5.74) is 0.452. The standard InChI is InChI=1S/C21H18F2N2O2/c22-16-3-4-17(23)15(7-16)2-5-18(26)21-10-20(11-21,12-21)13-27-19-6-1-14(8-24)9-25-19/h1,3-4,6-7,9H,2,5,10-13H2. The molecule has 138 valence electrons. The first-order valence-corrected chi connectivity index (χ1v) is 8.90. The van der Waals surface area contributed by atoms with Gasteiger partial charge in [0, 0.05) is 29.5 Å². The number of ketones is 1. The largest absolute Gasteiger partial charge is 0.477 e. The fraction of sp³-hybridized carbons (Fsp3) is 0.381. The summed E-state index contributed by atoms with van der Waals surface area (Å²) in [5.74, 6) is -0.358. The highest BCUT2D eigenvalue weighted by Crippen LogP contribution is 2.73. The molecule has 0 atom stereocenters. The summed E-state index contributed by atoms with van der Waals surface area (Å²) in [6.45, 7) is 0.499. The smallest absolute Gasteiger partial charge is 0.213 e. The summed E-state index contributed by atoms with van der Waals surface area (Å²) in [5, 5.41) is 8.76. The van der Waals surface area contributed by atoms with Crippen LogP contribution in [0.3, 0.4) is 0 Å². The van der Waals surface area contributed by atoms with E-state index in [1.807, 2.05) is 6.07 Å². The van der Waals surface area contributed by atoms with Gasteiger partial charge in [0.25, 0.3) is 0 Å². The Morgan fingerprint density at radius 1 is 1.22 bits per heavy atom. The number of aryl methyl sites for hydroxylation is 1. The number of pyridine rings is 1. The topological polar surface area (TPSA) is 63.0 Å². The van der Waals surface area contributed by atoms with Crippen LogP contribution >= 0.6 is 0 Å². The molecule has 4 nitrogen and oxygen atoms in total. The van der Waals surface area contributed by atoms with E-state index >= 15 is 0 Å². The summed E-state index contributed by atoms with van der Waals surface area (Å²) in [6, 6.07) is 8.66. The van der Waals surface area contributed by atoms with Crippen molar-refractivity contribution in [1.82, 2.24) is 4.98 Å². The van der Waals surface area contributed by atoms with E-state index in [0.29, 0.717) is 18.1 Å². The summed E-state index contributed by atoms with van der Waals surface area (Å²) in [6.07, 6.45) is 4.26. The van der Waals surface area contributed by atoms with Gasteiger partial charge in [-0.1, -0.05) is 0 Å². The maximum atomic E-state index is 13.7. The van der Waals surface area contributed by atoms with Gasteiger partial charge in [-0.15, -0.1) is 0 Å². The zero-order valence-corrected chi connectivity index (χ0v) is 14.7. The molecular formula is C21H18F2N2O2. The number of rotatable bonds is 7. The van der Waals surface area contributed by atoms with Gasteiger partial charge in [0.2, 0.25) is 5.88 Å². The molecule has 2 aromatic rings. The van der Waals surface area contributed by atoms with Crippen molar-refractivity contribution in [3.05, 3.63) is 59.3 Å². The van der Waals surface area contributed by atoms with E-state index in [2.05, 4.69) is 4.98 Å². The van der Waals surface area contributed by atoms with Crippen molar-refractivity contribution in [3.8, 4) is 11.9 Å². The molecule has 0 radical (unpaired) electrons. The molecule has 6 heteroatoms. The second-order valence-corrected chi connectivity index (χ2v) is 7.76. The molecule has 3 aliphatic carbocycles. The van der Waals surface area contributed by atoms with Crippen LogP contribution in [0.15, 0.2) is 36.5 Å². The minimum Gasteiger partial charge on any atom is -0.477 e. The van der Waals surface area contributed by atoms with Gasteiger partial charge in [0.1, 0.15) is 23.5 Å². The SMILES string of the molecule is N#Cc1ccc(OCC23CC(C(=O)CCc4cc(F)ccc4F)(C2)C3)nc1. The Morgan fingerprint density at radius 3 is 2.67 bits per heavy atom. The van der Waals surface area contributed by atoms with E-state index in [1.165, 1.54) is 6.20 Å². The summed E-state index contributed by atoms with van der Waals surface area (Å²) < 4.78 is 32.6. The molecule has 1 aromatic heterocycles. The summed E-state index contributed by atoms with van der Waals surface area (Å²) in [4.78, 5) is 16.6. The number of ether oxygens (including phenoxy) is 1. The second-order valence-electron chi connectivity index (χ2n) is 7.76. The van der Waals surface area contributed by atoms with Crippen LogP contribution in [0.25, 0.3) is 0 Å². The first-order chi connectivity index (χ1) is 12.9. The number of benzene rings is 1. The molecule has 0 amide bonds. The zero-order chi connectivity index (χ0) is 19.1. The van der Waals surface area contributed by atoms with E-state index in [0.717, 1.165) is 37.5 Å². The molecule has 1 heterocycles. The van der Waals surface area contributed by atoms with Gasteiger partial charge in [-0.25, -0.2) is 13.8 Å². The van der Waals surface area contributed by atoms with E-state index < -0.39 is 11.6 Å². The number of aromatic nitrogens is 1. The number of carbonyl (C=O) groups is 1. The number of halogens is 2. The average Bonchev–Trinajstić information content (AvgIpc) is 2.60. The van der Waals surface area contributed by atoms with Crippen molar-refractivity contribution in [1.29, 1.82) is 5.26 Å². The lowest BCUT2D eigenvalue weighted by atomic mass is 9.34. The van der Waals surface area contributed by atoms with Crippen molar-refractivity contribution in [2.45, 2.75) is 32.1 Å². The maximum Gasteiger partial charge on any atom is 0.213 e. The Balaban J connectivity index is 1.26. The van der Waals surface area contributed by atoms with Gasteiger partial charge in [0.05, 0.1) is 12.2 Å². The lowest BCUT2D eigenvalue weighted by molar-refractivity contribution is -0.215. The molecule has 0 saturated heterocycles. The molecular weight excluding hydrogens is 350 g/mol. The highest BCUT2D eigenvalue weighted by Gasteiger charge is 2.70. The third-order valence-electron chi connectivity index (χ3n) is 5.75. The normalized spacial score (nSPS) is 25.1. The lowest BCUT2D eigenvalue weighted by Crippen LogP contribution is -2.67. The van der Waals surface area contributed by atoms with Crippen LogP contribution in [-0.4, -0.2) is 17.4 Å². The number of hydrogen-bond acceptors (Lipinski definition) is 4. The molecule has 2 bridgehead atoms. The first kappa shape index (κ1) is 17.6. The number of Topliss-reactive ketones (excluding diaryl/α,β-unsaturated/α-hetero) is 1. The maximum absolute atomic E-state index is 13.7. The molecule has 27 heavy (non-hydrogen) atoms. The van der Waals surface area contributed by atoms with E-state index in [4.69, 9.17) is 10.00 Å². The predicted octanol–water partition coefficient (Wildman–Crippen LogP) is 3.98. The summed E-state index contributed by atoms with van der Waals surface area (Å²) in [7, 11) is 0. The Bertz CT molecular complexity index is 914. The number of carbonyl (C=O) groups excluding carboxylic acids is 1. The van der Waals surface area contributed by atoms with Gasteiger partial charge < -0.3 is 4.74 Å². The lowest BCUT2D eigenvalue weighted by Gasteiger charge is -2.69. The van der Waals surface area contributed by atoms with E-state index in [1.54, 1.807) is 12.1 Å². The second kappa shape index (κ2) is 6.41. The first-order valence-electron chi connectivity index (χ1n) is 8.90. The monoisotopic (exact) mass is 368 g/mol. The van der Waals surface area contributed by atoms with Crippen LogP contribution in [0.5, 0.6) is 5.88 Å². The highest BCUT2D eigenvalue weighted by atomic mass is 19.1. The Kier molecular flexibility index (Phi) is 4.18.